The largest absolute Gasteiger partial charge is 0.396 e. The van der Waals surface area contributed by atoms with Crippen LogP contribution in [-0.2, 0) is 0 Å². The summed E-state index contributed by atoms with van der Waals surface area (Å²) in [6.45, 7) is 3.46. The second kappa shape index (κ2) is 8.51. The van der Waals surface area contributed by atoms with Crippen LogP contribution in [0.1, 0.15) is 44.2 Å². The van der Waals surface area contributed by atoms with E-state index in [0.717, 1.165) is 37.3 Å². The monoisotopic (exact) mass is 255 g/mol. The lowest BCUT2D eigenvalue weighted by molar-refractivity contribution is 0.282. The number of aliphatic hydroxyl groups is 1. The first-order valence-electron chi connectivity index (χ1n) is 6.37. The van der Waals surface area contributed by atoms with Crippen LogP contribution >= 0.6 is 11.6 Å². The number of aliphatic hydroxyl groups excluding tert-OH is 1. The maximum Gasteiger partial charge on any atom is 0.0431 e. The minimum absolute atomic E-state index is 0.297. The molecule has 1 aromatic carbocycles. The van der Waals surface area contributed by atoms with E-state index in [9.17, 15) is 0 Å². The van der Waals surface area contributed by atoms with Crippen LogP contribution in [0.15, 0.2) is 24.3 Å². The van der Waals surface area contributed by atoms with Gasteiger partial charge in [-0.05, 0) is 49.9 Å². The van der Waals surface area contributed by atoms with Crippen LogP contribution < -0.4 is 5.32 Å². The summed E-state index contributed by atoms with van der Waals surface area (Å²) in [7, 11) is 0. The van der Waals surface area contributed by atoms with Gasteiger partial charge in [-0.1, -0.05) is 30.7 Å². The van der Waals surface area contributed by atoms with Gasteiger partial charge in [0, 0.05) is 17.7 Å². The summed E-state index contributed by atoms with van der Waals surface area (Å²) in [5, 5.41) is 13.0. The number of nitrogens with one attached hydrogen (secondary N) is 1. The highest BCUT2D eigenvalue weighted by molar-refractivity contribution is 6.30. The van der Waals surface area contributed by atoms with Crippen LogP contribution in [0, 0.1) is 0 Å². The SMILES string of the molecule is CCC(NCCCCCO)c1cccc(Cl)c1. The Kier molecular flexibility index (Phi) is 7.25. The van der Waals surface area contributed by atoms with Crippen molar-refractivity contribution in [3.05, 3.63) is 34.9 Å². The van der Waals surface area contributed by atoms with Gasteiger partial charge in [0.2, 0.25) is 0 Å². The quantitative estimate of drug-likeness (QED) is 0.697. The summed E-state index contributed by atoms with van der Waals surface area (Å²) in [6, 6.07) is 8.41. The molecule has 1 unspecified atom stereocenters. The lowest BCUT2D eigenvalue weighted by atomic mass is 10.0. The molecule has 17 heavy (non-hydrogen) atoms. The summed E-state index contributed by atoms with van der Waals surface area (Å²) in [6.07, 6.45) is 4.14. The van der Waals surface area contributed by atoms with Gasteiger partial charge in [0.05, 0.1) is 0 Å². The molecule has 1 rings (SSSR count). The number of hydrogen-bond donors (Lipinski definition) is 2. The van der Waals surface area contributed by atoms with E-state index < -0.39 is 0 Å². The van der Waals surface area contributed by atoms with Gasteiger partial charge in [-0.15, -0.1) is 0 Å². The van der Waals surface area contributed by atoms with E-state index in [0.29, 0.717) is 12.6 Å². The Balaban J connectivity index is 2.38. The average Bonchev–Trinajstić information content (AvgIpc) is 2.34. The van der Waals surface area contributed by atoms with Gasteiger partial charge in [0.1, 0.15) is 0 Å². The third kappa shape index (κ3) is 5.53. The van der Waals surface area contributed by atoms with Crippen molar-refractivity contribution in [3.8, 4) is 0 Å². The molecule has 0 aliphatic carbocycles. The van der Waals surface area contributed by atoms with Gasteiger partial charge in [0.15, 0.2) is 0 Å². The van der Waals surface area contributed by atoms with Gasteiger partial charge < -0.3 is 10.4 Å². The molecule has 0 aromatic heterocycles. The third-order valence-corrected chi connectivity index (χ3v) is 3.12. The van der Waals surface area contributed by atoms with Gasteiger partial charge >= 0.3 is 0 Å². The molecular weight excluding hydrogens is 234 g/mol. The van der Waals surface area contributed by atoms with Crippen LogP contribution in [-0.4, -0.2) is 18.3 Å². The zero-order valence-corrected chi connectivity index (χ0v) is 11.2. The van der Waals surface area contributed by atoms with Crippen LogP contribution in [0.25, 0.3) is 0 Å². The molecule has 1 aromatic rings. The molecule has 3 heteroatoms. The molecule has 96 valence electrons. The maximum atomic E-state index is 8.69. The number of unbranched alkanes of at least 4 members (excludes halogenated alkanes) is 2. The highest BCUT2D eigenvalue weighted by Crippen LogP contribution is 2.20. The predicted octanol–water partition coefficient (Wildman–Crippen LogP) is 3.54. The predicted molar refractivity (Wildman–Crippen MR) is 73.4 cm³/mol. The van der Waals surface area contributed by atoms with E-state index in [4.69, 9.17) is 16.7 Å². The smallest absolute Gasteiger partial charge is 0.0431 e. The summed E-state index contributed by atoms with van der Waals surface area (Å²) >= 11 is 5.99. The standard InChI is InChI=1S/C14H22ClNO/c1-2-14(16-9-4-3-5-10-17)12-7-6-8-13(15)11-12/h6-8,11,14,16-17H,2-5,9-10H2,1H3. The molecule has 0 aliphatic rings. The molecule has 0 bridgehead atoms. The molecule has 0 fully saturated rings. The van der Waals surface area contributed by atoms with Gasteiger partial charge in [-0.2, -0.15) is 0 Å². The maximum absolute atomic E-state index is 8.69. The molecule has 0 heterocycles. The Labute approximate surface area is 109 Å². The molecule has 0 aliphatic heterocycles. The van der Waals surface area contributed by atoms with Crippen molar-refractivity contribution in [2.75, 3.05) is 13.2 Å². The summed E-state index contributed by atoms with van der Waals surface area (Å²) < 4.78 is 0. The summed E-state index contributed by atoms with van der Waals surface area (Å²) in [4.78, 5) is 0. The van der Waals surface area contributed by atoms with Crippen molar-refractivity contribution < 1.29 is 5.11 Å². The van der Waals surface area contributed by atoms with Crippen molar-refractivity contribution >= 4 is 11.6 Å². The Bertz CT molecular complexity index is 317. The lowest BCUT2D eigenvalue weighted by Gasteiger charge is -2.17. The first-order chi connectivity index (χ1) is 8.27. The van der Waals surface area contributed by atoms with Crippen LogP contribution in [0.2, 0.25) is 5.02 Å². The van der Waals surface area contributed by atoms with Crippen molar-refractivity contribution in [3.63, 3.8) is 0 Å². The summed E-state index contributed by atoms with van der Waals surface area (Å²) in [5.41, 5.74) is 1.25. The van der Waals surface area contributed by atoms with Crippen molar-refractivity contribution in [1.82, 2.24) is 5.32 Å². The fourth-order valence-electron chi connectivity index (χ4n) is 1.91. The highest BCUT2D eigenvalue weighted by atomic mass is 35.5. The van der Waals surface area contributed by atoms with E-state index in [2.05, 4.69) is 18.3 Å². The molecule has 0 saturated heterocycles. The second-order valence-corrected chi connectivity index (χ2v) is 4.69. The lowest BCUT2D eigenvalue weighted by Crippen LogP contribution is -2.21. The van der Waals surface area contributed by atoms with Crippen molar-refractivity contribution in [1.29, 1.82) is 0 Å². The molecule has 2 N–H and O–H groups in total. The summed E-state index contributed by atoms with van der Waals surface area (Å²) in [5.74, 6) is 0. The molecule has 2 nitrogen and oxygen atoms in total. The normalized spacial score (nSPS) is 12.6. The zero-order chi connectivity index (χ0) is 12.5. The van der Waals surface area contributed by atoms with Crippen LogP contribution in [0.4, 0.5) is 0 Å². The number of rotatable bonds is 8. The Hall–Kier alpha value is -0.570. The first-order valence-corrected chi connectivity index (χ1v) is 6.75. The molecule has 0 radical (unpaired) electrons. The Morgan fingerprint density at radius 2 is 2.12 bits per heavy atom. The zero-order valence-electron chi connectivity index (χ0n) is 10.5. The molecular formula is C14H22ClNO. The number of hydrogen-bond acceptors (Lipinski definition) is 2. The van der Waals surface area contributed by atoms with E-state index in [-0.39, 0.29) is 0 Å². The highest BCUT2D eigenvalue weighted by Gasteiger charge is 2.08. The first kappa shape index (κ1) is 14.5. The minimum Gasteiger partial charge on any atom is -0.396 e. The second-order valence-electron chi connectivity index (χ2n) is 4.25. The Morgan fingerprint density at radius 3 is 2.76 bits per heavy atom. The van der Waals surface area contributed by atoms with E-state index in [1.54, 1.807) is 0 Å². The van der Waals surface area contributed by atoms with E-state index in [1.807, 2.05) is 18.2 Å². The topological polar surface area (TPSA) is 32.3 Å². The Morgan fingerprint density at radius 1 is 1.29 bits per heavy atom. The van der Waals surface area contributed by atoms with E-state index >= 15 is 0 Å². The fraction of sp³-hybridized carbons (Fsp3) is 0.571. The number of halogens is 1. The molecule has 0 amide bonds. The minimum atomic E-state index is 0.297. The van der Waals surface area contributed by atoms with Gasteiger partial charge in [-0.3, -0.25) is 0 Å². The van der Waals surface area contributed by atoms with Crippen LogP contribution in [0.3, 0.4) is 0 Å². The molecule has 0 saturated carbocycles. The third-order valence-electron chi connectivity index (χ3n) is 2.88. The van der Waals surface area contributed by atoms with Crippen LogP contribution in [0.5, 0.6) is 0 Å². The molecule has 0 spiro atoms. The average molecular weight is 256 g/mol. The number of benzene rings is 1. The molecule has 1 atom stereocenters. The van der Waals surface area contributed by atoms with E-state index in [1.165, 1.54) is 5.56 Å². The fourth-order valence-corrected chi connectivity index (χ4v) is 2.11. The van der Waals surface area contributed by atoms with Crippen molar-refractivity contribution in [2.45, 2.75) is 38.6 Å². The van der Waals surface area contributed by atoms with Gasteiger partial charge in [-0.25, -0.2) is 0 Å². The van der Waals surface area contributed by atoms with Gasteiger partial charge in [0.25, 0.3) is 0 Å². The van der Waals surface area contributed by atoms with Crippen molar-refractivity contribution in [2.24, 2.45) is 0 Å².